The number of carbonyl (C=O) groups excluding carboxylic acids is 2. The number of ketones is 1. The van der Waals surface area contributed by atoms with Gasteiger partial charge in [-0.1, -0.05) is 68.0 Å². The van der Waals surface area contributed by atoms with Gasteiger partial charge in [-0.05, 0) is 90.0 Å². The number of morpholine rings is 1. The summed E-state index contributed by atoms with van der Waals surface area (Å²) in [6.07, 6.45) is 4.73. The molecule has 2 aliphatic heterocycles. The van der Waals surface area contributed by atoms with Crippen LogP contribution in [0.15, 0.2) is 91.0 Å². The summed E-state index contributed by atoms with van der Waals surface area (Å²) in [5.74, 6) is 1.91. The van der Waals surface area contributed by atoms with E-state index >= 15 is 0 Å². The summed E-state index contributed by atoms with van der Waals surface area (Å²) >= 11 is 0. The number of hydrogen-bond acceptors (Lipinski definition) is 8. The highest BCUT2D eigenvalue weighted by Crippen LogP contribution is 2.58. The summed E-state index contributed by atoms with van der Waals surface area (Å²) in [4.78, 5) is 25.5. The van der Waals surface area contributed by atoms with Crippen LogP contribution in [-0.4, -0.2) is 58.4 Å². The molecule has 8 heteroatoms. The number of methoxy groups -OCH3 is 1. The summed E-state index contributed by atoms with van der Waals surface area (Å²) in [5.41, 5.74) is 9.06. The van der Waals surface area contributed by atoms with Gasteiger partial charge in [-0.25, -0.2) is 0 Å². The smallest absolute Gasteiger partial charge is 0.306 e. The number of rotatable bonds is 11. The number of aryl methyl sites for hydroxylation is 1. The second-order valence-electron chi connectivity index (χ2n) is 15.2. The maximum Gasteiger partial charge on any atom is 0.306 e. The first-order chi connectivity index (χ1) is 26.6. The van der Waals surface area contributed by atoms with Gasteiger partial charge in [0.05, 0.1) is 26.7 Å². The number of nitrogens with zero attached hydrogens (tertiary/aromatic N) is 1. The molecule has 1 unspecified atom stereocenters. The van der Waals surface area contributed by atoms with Crippen molar-refractivity contribution >= 4 is 34.3 Å². The van der Waals surface area contributed by atoms with E-state index in [-0.39, 0.29) is 37.3 Å². The Balaban J connectivity index is 1.20. The molecule has 55 heavy (non-hydrogen) atoms. The number of Topliss-reactive ketones (excluding diaryl/α,β-unsaturated/α-hetero) is 1. The molecule has 1 aliphatic carbocycles. The normalized spacial score (nSPS) is 17.9. The lowest BCUT2D eigenvalue weighted by atomic mass is 9.76. The van der Waals surface area contributed by atoms with Gasteiger partial charge in [0.25, 0.3) is 0 Å². The standard InChI is InChI=1S/C47H47NO7/c1-30-6-17-37-40(28-30)45-39(44-43(37)38-18-16-36(51-5)29-41(38)46(44,3)4)20-21-47(55-45,32-8-12-34(13-9-32)48-22-24-52-25-23-48)33-10-14-35(15-11-33)53-26-27-54-42(50)19-7-31(2)49/h6,8-18,20-21,28-29H,7,19,22-27H2,1-5H3. The third kappa shape index (κ3) is 6.63. The fourth-order valence-electron chi connectivity index (χ4n) is 8.39. The quantitative estimate of drug-likeness (QED) is 0.0982. The van der Waals surface area contributed by atoms with Crippen LogP contribution in [0, 0.1) is 6.92 Å². The van der Waals surface area contributed by atoms with Crippen LogP contribution in [0.5, 0.6) is 17.2 Å². The minimum atomic E-state index is -0.953. The molecular formula is C47H47NO7. The molecule has 1 atom stereocenters. The molecule has 8 nitrogen and oxygen atoms in total. The first-order valence-electron chi connectivity index (χ1n) is 19.1. The maximum atomic E-state index is 12.0. The zero-order valence-corrected chi connectivity index (χ0v) is 32.2. The number of fused-ring (bicyclic) bond motifs is 8. The van der Waals surface area contributed by atoms with E-state index in [1.54, 1.807) is 7.11 Å². The number of hydrogen-bond donors (Lipinski definition) is 0. The molecule has 5 aromatic carbocycles. The molecule has 0 N–H and O–H groups in total. The van der Waals surface area contributed by atoms with E-state index in [1.165, 1.54) is 29.2 Å². The number of esters is 1. The fraction of sp³-hybridized carbons (Fsp3) is 0.319. The lowest BCUT2D eigenvalue weighted by molar-refractivity contribution is -0.145. The van der Waals surface area contributed by atoms with Gasteiger partial charge >= 0.3 is 5.97 Å². The number of carbonyl (C=O) groups is 2. The van der Waals surface area contributed by atoms with Gasteiger partial charge in [0.15, 0.2) is 5.60 Å². The van der Waals surface area contributed by atoms with Crippen molar-refractivity contribution in [2.75, 3.05) is 51.5 Å². The maximum absolute atomic E-state index is 12.0. The van der Waals surface area contributed by atoms with Crippen LogP contribution >= 0.6 is 0 Å². The van der Waals surface area contributed by atoms with Crippen LogP contribution in [0.4, 0.5) is 5.69 Å². The minimum Gasteiger partial charge on any atom is -0.497 e. The molecule has 282 valence electrons. The molecule has 0 bridgehead atoms. The average molecular weight is 738 g/mol. The average Bonchev–Trinajstić information content (AvgIpc) is 3.44. The summed E-state index contributed by atoms with van der Waals surface area (Å²) in [7, 11) is 1.72. The van der Waals surface area contributed by atoms with Crippen LogP contribution < -0.4 is 19.1 Å². The van der Waals surface area contributed by atoms with Crippen LogP contribution in [0.25, 0.3) is 28.0 Å². The minimum absolute atomic E-state index is 0.0398. The highest BCUT2D eigenvalue weighted by atomic mass is 16.6. The first kappa shape index (κ1) is 36.4. The number of ether oxygens (including phenoxy) is 5. The predicted molar refractivity (Wildman–Crippen MR) is 216 cm³/mol. The summed E-state index contributed by atoms with van der Waals surface area (Å²) in [6, 6.07) is 29.8. The lowest BCUT2D eigenvalue weighted by Gasteiger charge is -2.39. The van der Waals surface area contributed by atoms with Crippen molar-refractivity contribution in [2.45, 2.75) is 51.6 Å². The Morgan fingerprint density at radius 1 is 0.818 bits per heavy atom. The fourth-order valence-corrected chi connectivity index (χ4v) is 8.39. The predicted octanol–water partition coefficient (Wildman–Crippen LogP) is 8.94. The summed E-state index contributed by atoms with van der Waals surface area (Å²) in [5, 5.41) is 2.23. The molecular weight excluding hydrogens is 691 g/mol. The van der Waals surface area contributed by atoms with Gasteiger partial charge in [0.1, 0.15) is 36.2 Å². The molecule has 2 heterocycles. The third-order valence-electron chi connectivity index (χ3n) is 11.2. The van der Waals surface area contributed by atoms with E-state index in [1.807, 2.05) is 24.3 Å². The Morgan fingerprint density at radius 3 is 2.24 bits per heavy atom. The first-order valence-corrected chi connectivity index (χ1v) is 19.1. The van der Waals surface area contributed by atoms with E-state index in [9.17, 15) is 9.59 Å². The SMILES string of the molecule is COc1ccc2c(c1)C(C)(C)c1c3c(c4cc(C)ccc4c1-2)OC(c1ccc(OCCOC(=O)CCC(C)=O)cc1)(c1ccc(N2CCOCC2)cc1)C=C3. The highest BCUT2D eigenvalue weighted by molar-refractivity contribution is 6.08. The molecule has 8 rings (SSSR count). The zero-order valence-electron chi connectivity index (χ0n) is 32.2. The van der Waals surface area contributed by atoms with Gasteiger partial charge in [0.2, 0.25) is 0 Å². The summed E-state index contributed by atoms with van der Waals surface area (Å²) < 4.78 is 30.1. The van der Waals surface area contributed by atoms with E-state index < -0.39 is 11.6 Å². The van der Waals surface area contributed by atoms with Gasteiger partial charge in [0, 0.05) is 52.7 Å². The molecule has 3 aliphatic rings. The zero-order chi connectivity index (χ0) is 38.3. The van der Waals surface area contributed by atoms with Crippen molar-refractivity contribution in [1.82, 2.24) is 0 Å². The summed E-state index contributed by atoms with van der Waals surface area (Å²) in [6.45, 7) is 11.6. The Bertz CT molecular complexity index is 2300. The Hall–Kier alpha value is -5.60. The van der Waals surface area contributed by atoms with Gasteiger partial charge < -0.3 is 33.4 Å². The molecule has 0 saturated carbocycles. The van der Waals surface area contributed by atoms with Crippen LogP contribution in [0.2, 0.25) is 0 Å². The van der Waals surface area contributed by atoms with Crippen LogP contribution in [0.1, 0.15) is 67.0 Å². The Morgan fingerprint density at radius 2 is 1.53 bits per heavy atom. The Kier molecular flexibility index (Phi) is 9.64. The van der Waals surface area contributed by atoms with E-state index in [0.29, 0.717) is 5.75 Å². The molecule has 0 radical (unpaired) electrons. The van der Waals surface area contributed by atoms with Crippen molar-refractivity contribution in [2.24, 2.45) is 0 Å². The second-order valence-corrected chi connectivity index (χ2v) is 15.2. The number of benzene rings is 5. The van der Waals surface area contributed by atoms with Crippen molar-refractivity contribution in [3.8, 4) is 28.4 Å². The van der Waals surface area contributed by atoms with Crippen LogP contribution in [0.3, 0.4) is 0 Å². The van der Waals surface area contributed by atoms with Crippen molar-refractivity contribution in [3.63, 3.8) is 0 Å². The second kappa shape index (κ2) is 14.6. The monoisotopic (exact) mass is 737 g/mol. The molecule has 0 amide bonds. The molecule has 1 fully saturated rings. The van der Waals surface area contributed by atoms with Crippen LogP contribution in [-0.2, 0) is 30.1 Å². The van der Waals surface area contributed by atoms with E-state index in [2.05, 4.69) is 98.5 Å². The molecule has 0 aromatic heterocycles. The van der Waals surface area contributed by atoms with Gasteiger partial charge in [-0.15, -0.1) is 0 Å². The Labute approximate surface area is 322 Å². The molecule has 5 aromatic rings. The van der Waals surface area contributed by atoms with Crippen molar-refractivity contribution in [3.05, 3.63) is 124 Å². The van der Waals surface area contributed by atoms with E-state index in [4.69, 9.17) is 23.7 Å². The highest BCUT2D eigenvalue weighted by Gasteiger charge is 2.44. The third-order valence-corrected chi connectivity index (χ3v) is 11.2. The van der Waals surface area contributed by atoms with Crippen molar-refractivity contribution in [1.29, 1.82) is 0 Å². The van der Waals surface area contributed by atoms with Gasteiger partial charge in [-0.3, -0.25) is 4.79 Å². The molecule has 0 spiro atoms. The van der Waals surface area contributed by atoms with E-state index in [0.717, 1.165) is 76.5 Å². The largest absolute Gasteiger partial charge is 0.497 e. The lowest BCUT2D eigenvalue weighted by Crippen LogP contribution is -2.37. The molecule has 1 saturated heterocycles. The number of anilines is 1. The van der Waals surface area contributed by atoms with Crippen molar-refractivity contribution < 1.29 is 33.3 Å². The van der Waals surface area contributed by atoms with Gasteiger partial charge in [-0.2, -0.15) is 0 Å². The topological polar surface area (TPSA) is 83.5 Å².